The zero-order chi connectivity index (χ0) is 26.6. The van der Waals surface area contributed by atoms with Crippen LogP contribution in [-0.4, -0.2) is 46.1 Å². The van der Waals surface area contributed by atoms with Crippen LogP contribution in [0.4, 0.5) is 25.8 Å². The standard InChI is InChI=1S/C19H14ClF6N5O3S2/c1-30-17(14(35-36(26,33)34)15(29-30)18(21,22)19(23,24)25)31-8-10(7-27-31)9-2-5-13(20)12(6-9)16(32)28-11-3-4-11/h2,5-8,11H,3-4H2,1H3,(H,28,32). The smallest absolute Gasteiger partial charge is 0.349 e. The second-order valence-corrected chi connectivity index (χ2v) is 11.3. The van der Waals surface area contributed by atoms with Crippen molar-refractivity contribution in [3.8, 4) is 16.9 Å². The molecule has 1 aliphatic rings. The lowest BCUT2D eigenvalue weighted by atomic mass is 10.1. The Morgan fingerprint density at radius 3 is 2.44 bits per heavy atom. The van der Waals surface area contributed by atoms with Gasteiger partial charge in [-0.3, -0.25) is 4.79 Å². The fraction of sp³-hybridized carbons (Fsp3) is 0.316. The van der Waals surface area contributed by atoms with Gasteiger partial charge in [-0.25, -0.2) is 9.36 Å². The highest BCUT2D eigenvalue weighted by atomic mass is 35.5. The molecule has 0 bridgehead atoms. The van der Waals surface area contributed by atoms with Crippen molar-refractivity contribution in [2.45, 2.75) is 35.9 Å². The molecule has 2 heterocycles. The molecule has 1 amide bonds. The van der Waals surface area contributed by atoms with Crippen LogP contribution in [0, 0.1) is 0 Å². The molecule has 0 saturated heterocycles. The van der Waals surface area contributed by atoms with E-state index >= 15 is 0 Å². The van der Waals surface area contributed by atoms with Gasteiger partial charge < -0.3 is 5.32 Å². The number of carbonyl (C=O) groups is 1. The van der Waals surface area contributed by atoms with Crippen molar-refractivity contribution in [1.29, 1.82) is 0 Å². The van der Waals surface area contributed by atoms with Gasteiger partial charge in [0.15, 0.2) is 11.5 Å². The van der Waals surface area contributed by atoms with E-state index in [1.54, 1.807) is 0 Å². The molecule has 3 aromatic rings. The molecule has 1 aromatic carbocycles. The molecule has 1 aliphatic carbocycles. The van der Waals surface area contributed by atoms with Crippen LogP contribution in [0.15, 0.2) is 35.5 Å². The first kappa shape index (κ1) is 26.3. The minimum Gasteiger partial charge on any atom is -0.349 e. The molecule has 17 heteroatoms. The Kier molecular flexibility index (Phi) is 6.58. The van der Waals surface area contributed by atoms with Gasteiger partial charge >= 0.3 is 21.4 Å². The third-order valence-corrected chi connectivity index (χ3v) is 7.24. The van der Waals surface area contributed by atoms with E-state index in [0.717, 1.165) is 30.8 Å². The van der Waals surface area contributed by atoms with E-state index in [1.807, 2.05) is 0 Å². The van der Waals surface area contributed by atoms with E-state index in [2.05, 4.69) is 15.5 Å². The normalized spacial score (nSPS) is 14.8. The first-order valence-electron chi connectivity index (χ1n) is 9.90. The molecule has 194 valence electrons. The summed E-state index contributed by atoms with van der Waals surface area (Å²) < 4.78 is 104. The monoisotopic (exact) mass is 573 g/mol. The Morgan fingerprint density at radius 2 is 1.86 bits per heavy atom. The number of rotatable bonds is 7. The average molecular weight is 574 g/mol. The summed E-state index contributed by atoms with van der Waals surface area (Å²) in [6.07, 6.45) is -2.12. The van der Waals surface area contributed by atoms with Gasteiger partial charge in [0.05, 0.1) is 21.7 Å². The fourth-order valence-corrected chi connectivity index (χ4v) is 5.23. The number of hydrogen-bond acceptors (Lipinski definition) is 6. The summed E-state index contributed by atoms with van der Waals surface area (Å²) in [6, 6.07) is 4.41. The van der Waals surface area contributed by atoms with Crippen LogP contribution < -0.4 is 5.32 Å². The van der Waals surface area contributed by atoms with Gasteiger partial charge in [0, 0.05) is 35.6 Å². The second-order valence-electron chi connectivity index (χ2n) is 7.79. The highest BCUT2D eigenvalue weighted by Gasteiger charge is 2.62. The fourth-order valence-electron chi connectivity index (χ4n) is 3.22. The Morgan fingerprint density at radius 1 is 1.19 bits per heavy atom. The minimum atomic E-state index is -6.13. The van der Waals surface area contributed by atoms with Crippen LogP contribution >= 0.6 is 22.4 Å². The van der Waals surface area contributed by atoms with Crippen molar-refractivity contribution in [2.24, 2.45) is 7.05 Å². The van der Waals surface area contributed by atoms with Crippen molar-refractivity contribution in [3.05, 3.63) is 46.9 Å². The van der Waals surface area contributed by atoms with Crippen molar-refractivity contribution >= 4 is 37.6 Å². The molecule has 0 aliphatic heterocycles. The number of aryl methyl sites for hydroxylation is 1. The van der Waals surface area contributed by atoms with Gasteiger partial charge in [-0.15, -0.1) is 0 Å². The van der Waals surface area contributed by atoms with E-state index in [-0.39, 0.29) is 22.2 Å². The number of nitrogens with zero attached hydrogens (tertiary/aromatic N) is 4. The second kappa shape index (κ2) is 8.99. The highest BCUT2D eigenvalue weighted by molar-refractivity contribution is 8.70. The summed E-state index contributed by atoms with van der Waals surface area (Å²) in [5, 5.41) is 9.96. The maximum absolute atomic E-state index is 14.1. The van der Waals surface area contributed by atoms with Gasteiger partial charge in [0.1, 0.15) is 0 Å². The summed E-state index contributed by atoms with van der Waals surface area (Å²) in [5.74, 6) is -6.67. The highest BCUT2D eigenvalue weighted by Crippen LogP contribution is 2.49. The molecular formula is C19H14ClF6N5O3S2. The van der Waals surface area contributed by atoms with Crippen molar-refractivity contribution in [2.75, 3.05) is 0 Å². The lowest BCUT2D eigenvalue weighted by molar-refractivity contribution is -0.292. The zero-order valence-electron chi connectivity index (χ0n) is 17.9. The quantitative estimate of drug-likeness (QED) is 0.248. The average Bonchev–Trinajstić information content (AvgIpc) is 3.32. The first-order chi connectivity index (χ1) is 16.6. The number of halogens is 7. The molecule has 0 spiro atoms. The molecule has 0 atom stereocenters. The molecule has 2 aromatic heterocycles. The largest absolute Gasteiger partial charge is 0.459 e. The first-order valence-corrected chi connectivity index (χ1v) is 13.0. The van der Waals surface area contributed by atoms with Crippen molar-refractivity contribution in [1.82, 2.24) is 24.9 Å². The summed E-state index contributed by atoms with van der Waals surface area (Å²) in [4.78, 5) is 11.1. The lowest BCUT2D eigenvalue weighted by Crippen LogP contribution is -2.34. The Labute approximate surface area is 208 Å². The molecular weight excluding hydrogens is 560 g/mol. The van der Waals surface area contributed by atoms with Gasteiger partial charge in [-0.05, 0) is 30.5 Å². The number of hydrogen-bond donors (Lipinski definition) is 1. The Bertz CT molecular complexity index is 1450. The number of amides is 1. The third kappa shape index (κ3) is 5.20. The number of aromatic nitrogens is 4. The van der Waals surface area contributed by atoms with Gasteiger partial charge in [0.25, 0.3) is 5.91 Å². The molecule has 4 rings (SSSR count). The summed E-state index contributed by atoms with van der Waals surface area (Å²) in [7, 11) is -5.52. The molecule has 36 heavy (non-hydrogen) atoms. The van der Waals surface area contributed by atoms with E-state index in [9.17, 15) is 39.1 Å². The number of benzene rings is 1. The van der Waals surface area contributed by atoms with Crippen molar-refractivity contribution < 1.29 is 39.1 Å². The van der Waals surface area contributed by atoms with Crippen LogP contribution in [0.2, 0.25) is 5.02 Å². The van der Waals surface area contributed by atoms with Gasteiger partial charge in [-0.1, -0.05) is 21.6 Å². The molecule has 0 radical (unpaired) electrons. The zero-order valence-corrected chi connectivity index (χ0v) is 20.2. The van der Waals surface area contributed by atoms with Crippen LogP contribution in [0.3, 0.4) is 0 Å². The molecule has 0 unspecified atom stereocenters. The van der Waals surface area contributed by atoms with Crippen LogP contribution in [0.5, 0.6) is 0 Å². The van der Waals surface area contributed by atoms with Crippen molar-refractivity contribution in [3.63, 3.8) is 0 Å². The predicted molar refractivity (Wildman–Crippen MR) is 117 cm³/mol. The number of carbonyl (C=O) groups excluding carboxylic acids is 1. The molecule has 8 nitrogen and oxygen atoms in total. The minimum absolute atomic E-state index is 0.0524. The maximum Gasteiger partial charge on any atom is 0.459 e. The Hall–Kier alpha value is -2.72. The molecule has 1 fully saturated rings. The Balaban J connectivity index is 1.79. The number of nitrogens with one attached hydrogen (secondary N) is 1. The lowest BCUT2D eigenvalue weighted by Gasteiger charge is -2.18. The summed E-state index contributed by atoms with van der Waals surface area (Å²) in [6.45, 7) is 0. The third-order valence-electron chi connectivity index (χ3n) is 5.07. The molecule has 1 saturated carbocycles. The predicted octanol–water partition coefficient (Wildman–Crippen LogP) is 4.78. The van der Waals surface area contributed by atoms with E-state index in [1.165, 1.54) is 24.4 Å². The topological polar surface area (TPSA) is 98.9 Å². The van der Waals surface area contributed by atoms with Crippen LogP contribution in [0.1, 0.15) is 28.9 Å². The van der Waals surface area contributed by atoms with Crippen LogP contribution in [-0.2, 0) is 22.2 Å². The molecule has 1 N–H and O–H groups in total. The summed E-state index contributed by atoms with van der Waals surface area (Å²) in [5.41, 5.74) is -1.22. The van der Waals surface area contributed by atoms with E-state index < -0.39 is 54.5 Å². The van der Waals surface area contributed by atoms with E-state index in [4.69, 9.17) is 11.6 Å². The number of alkyl halides is 5. The van der Waals surface area contributed by atoms with Gasteiger partial charge in [0.2, 0.25) is 0 Å². The van der Waals surface area contributed by atoms with E-state index in [0.29, 0.717) is 10.2 Å². The maximum atomic E-state index is 14.1. The summed E-state index contributed by atoms with van der Waals surface area (Å²) >= 11 is 6.12. The van der Waals surface area contributed by atoms with Crippen LogP contribution in [0.25, 0.3) is 16.9 Å². The SMILES string of the molecule is Cn1nc(C(F)(F)C(F)(F)F)c(SS(=O)(=O)F)c1-n1cc(-c2ccc(Cl)c(C(=O)NC3CC3)c2)cn1. The van der Waals surface area contributed by atoms with Gasteiger partial charge in [-0.2, -0.15) is 40.6 Å².